The molecule has 0 radical (unpaired) electrons. The molecule has 0 aromatic heterocycles. The van der Waals surface area contributed by atoms with E-state index in [1.165, 1.54) is 12.1 Å². The Hall–Kier alpha value is -7.06. The number of anilines is 4. The van der Waals surface area contributed by atoms with Gasteiger partial charge in [0.05, 0.1) is 36.5 Å². The maximum atomic E-state index is 12.5. The molecule has 0 atom stereocenters. The van der Waals surface area contributed by atoms with Gasteiger partial charge in [-0.2, -0.15) is 10.5 Å². The van der Waals surface area contributed by atoms with Gasteiger partial charge in [-0.05, 0) is 102 Å². The van der Waals surface area contributed by atoms with E-state index in [1.807, 2.05) is 48.5 Å². The Balaban J connectivity index is 0.976. The van der Waals surface area contributed by atoms with Crippen LogP contribution in [0.1, 0.15) is 35.1 Å². The van der Waals surface area contributed by atoms with Crippen molar-refractivity contribution >= 4 is 47.0 Å². The minimum absolute atomic E-state index is 0.0943. The molecule has 0 spiro atoms. The monoisotopic (exact) mass is 686 g/mol. The molecule has 1 aliphatic carbocycles. The third-order valence-electron chi connectivity index (χ3n) is 7.55. The Labute approximate surface area is 293 Å². The molecule has 4 aromatic rings. The predicted octanol–water partition coefficient (Wildman–Crippen LogP) is 6.52. The van der Waals surface area contributed by atoms with Gasteiger partial charge in [-0.1, -0.05) is 24.3 Å². The van der Waals surface area contributed by atoms with E-state index in [9.17, 15) is 19.2 Å². The lowest BCUT2D eigenvalue weighted by molar-refractivity contribution is 0.159. The van der Waals surface area contributed by atoms with E-state index in [1.54, 1.807) is 36.4 Å². The standard InChI is InChI=1S/C37H34N8O6/c38-22-24-5-1-7-28(17-24)44-36(48)50-15-3-13-40-34(46)42-30-9-11-32-26(20-30)19-27-21-31(10-12-33(27)32)43-35(47)41-14-4-16-51-37(49)45-29-8-2-6-25(18-29)23-39/h1-2,5-12,17-18,20-21H,3-4,13-16,19H2,(H,44,48)(H,45,49)(H2,40,42,46)(H2,41,43,47). The molecule has 5 rings (SSSR count). The Morgan fingerprint density at radius 3 is 1.43 bits per heavy atom. The lowest BCUT2D eigenvalue weighted by Crippen LogP contribution is -2.30. The summed E-state index contributed by atoms with van der Waals surface area (Å²) in [5.41, 5.74) is 7.16. The molecule has 14 nitrogen and oxygen atoms in total. The number of hydrogen-bond donors (Lipinski definition) is 6. The average molecular weight is 687 g/mol. The fourth-order valence-corrected chi connectivity index (χ4v) is 5.24. The van der Waals surface area contributed by atoms with Crippen LogP contribution in [0.3, 0.4) is 0 Å². The number of amides is 6. The number of benzene rings is 4. The highest BCUT2D eigenvalue weighted by Gasteiger charge is 2.20. The molecule has 4 aromatic carbocycles. The van der Waals surface area contributed by atoms with Crippen molar-refractivity contribution in [2.45, 2.75) is 19.3 Å². The van der Waals surface area contributed by atoms with Gasteiger partial charge in [0.25, 0.3) is 0 Å². The van der Waals surface area contributed by atoms with E-state index in [0.717, 1.165) is 22.3 Å². The fraction of sp³-hybridized carbons (Fsp3) is 0.189. The number of urea groups is 2. The molecule has 0 heterocycles. The Morgan fingerprint density at radius 2 is 1.00 bits per heavy atom. The number of hydrogen-bond acceptors (Lipinski definition) is 8. The zero-order valence-electron chi connectivity index (χ0n) is 27.4. The maximum absolute atomic E-state index is 12.5. The van der Waals surface area contributed by atoms with Crippen LogP contribution in [-0.2, 0) is 15.9 Å². The number of ether oxygens (including phenoxy) is 2. The summed E-state index contributed by atoms with van der Waals surface area (Å²) >= 11 is 0. The van der Waals surface area contributed by atoms with Gasteiger partial charge in [0.2, 0.25) is 0 Å². The second kappa shape index (κ2) is 17.4. The van der Waals surface area contributed by atoms with Crippen LogP contribution in [0, 0.1) is 22.7 Å². The van der Waals surface area contributed by atoms with Gasteiger partial charge in [-0.25, -0.2) is 19.2 Å². The van der Waals surface area contributed by atoms with E-state index >= 15 is 0 Å². The molecule has 0 saturated carbocycles. The zero-order valence-corrected chi connectivity index (χ0v) is 27.4. The first-order chi connectivity index (χ1) is 24.8. The Kier molecular flexibility index (Phi) is 12.0. The molecule has 51 heavy (non-hydrogen) atoms. The van der Waals surface area contributed by atoms with Gasteiger partial charge < -0.3 is 30.7 Å². The summed E-state index contributed by atoms with van der Waals surface area (Å²) in [6, 6.07) is 27.5. The predicted molar refractivity (Wildman–Crippen MR) is 190 cm³/mol. The number of nitrogens with zero attached hydrogens (tertiary/aromatic N) is 2. The summed E-state index contributed by atoms with van der Waals surface area (Å²) in [6.45, 7) is 0.760. The van der Waals surface area contributed by atoms with E-state index in [0.29, 0.717) is 53.1 Å². The van der Waals surface area contributed by atoms with Crippen molar-refractivity contribution in [2.75, 3.05) is 47.6 Å². The molecule has 1 aliphatic rings. The Bertz CT molecular complexity index is 1880. The molecule has 0 unspecified atom stereocenters. The van der Waals surface area contributed by atoms with Crippen molar-refractivity contribution in [3.05, 3.63) is 107 Å². The third-order valence-corrected chi connectivity index (χ3v) is 7.55. The first-order valence-corrected chi connectivity index (χ1v) is 16.0. The van der Waals surface area contributed by atoms with Crippen molar-refractivity contribution in [3.8, 4) is 23.3 Å². The van der Waals surface area contributed by atoms with E-state index in [-0.39, 0.29) is 26.3 Å². The molecule has 0 aliphatic heterocycles. The minimum atomic E-state index is -0.650. The SMILES string of the molecule is N#Cc1cccc(NC(=O)OCCCNC(=O)Nc2ccc3c(c2)Cc2cc(NC(=O)NCCCOC(=O)Nc4cccc(C#N)c4)ccc2-3)c1. The van der Waals surface area contributed by atoms with Crippen LogP contribution in [0.5, 0.6) is 0 Å². The smallest absolute Gasteiger partial charge is 0.411 e. The lowest BCUT2D eigenvalue weighted by Gasteiger charge is -2.10. The van der Waals surface area contributed by atoms with E-state index < -0.39 is 24.2 Å². The Morgan fingerprint density at radius 1 is 0.569 bits per heavy atom. The van der Waals surface area contributed by atoms with Gasteiger partial charge in [0, 0.05) is 35.8 Å². The van der Waals surface area contributed by atoms with Crippen LogP contribution in [0.2, 0.25) is 0 Å². The fourth-order valence-electron chi connectivity index (χ4n) is 5.24. The summed E-state index contributed by atoms with van der Waals surface area (Å²) in [5.74, 6) is 0. The molecule has 0 fully saturated rings. The minimum Gasteiger partial charge on any atom is -0.449 e. The van der Waals surface area contributed by atoms with Gasteiger partial charge in [-0.15, -0.1) is 0 Å². The van der Waals surface area contributed by atoms with E-state index in [2.05, 4.69) is 31.9 Å². The van der Waals surface area contributed by atoms with Gasteiger partial charge in [0.1, 0.15) is 0 Å². The third kappa shape index (κ3) is 10.5. The van der Waals surface area contributed by atoms with Crippen LogP contribution < -0.4 is 31.9 Å². The molecule has 6 amide bonds. The van der Waals surface area contributed by atoms with Crippen molar-refractivity contribution in [2.24, 2.45) is 0 Å². The second-order valence-electron chi connectivity index (χ2n) is 11.3. The van der Waals surface area contributed by atoms with Crippen LogP contribution in [0.4, 0.5) is 41.9 Å². The maximum Gasteiger partial charge on any atom is 0.411 e. The quantitative estimate of drug-likeness (QED) is 0.0795. The average Bonchev–Trinajstić information content (AvgIpc) is 3.48. The molecule has 0 saturated heterocycles. The molecular weight excluding hydrogens is 652 g/mol. The number of fused-ring (bicyclic) bond motifs is 3. The summed E-state index contributed by atoms with van der Waals surface area (Å²) in [6.07, 6.45) is 0.133. The number of nitriles is 2. The zero-order chi connectivity index (χ0) is 36.0. The largest absolute Gasteiger partial charge is 0.449 e. The summed E-state index contributed by atoms with van der Waals surface area (Å²) < 4.78 is 10.3. The lowest BCUT2D eigenvalue weighted by atomic mass is 10.1. The highest BCUT2D eigenvalue weighted by atomic mass is 16.6. The first-order valence-electron chi connectivity index (χ1n) is 16.0. The van der Waals surface area contributed by atoms with Crippen molar-refractivity contribution < 1.29 is 28.7 Å². The normalized spacial score (nSPS) is 10.6. The second-order valence-corrected chi connectivity index (χ2v) is 11.3. The highest BCUT2D eigenvalue weighted by Crippen LogP contribution is 2.39. The summed E-state index contributed by atoms with van der Waals surface area (Å²) in [7, 11) is 0. The van der Waals surface area contributed by atoms with Gasteiger partial charge in [-0.3, -0.25) is 10.6 Å². The van der Waals surface area contributed by atoms with Crippen LogP contribution >= 0.6 is 0 Å². The summed E-state index contributed by atoms with van der Waals surface area (Å²) in [4.78, 5) is 48.8. The number of carbonyl (C=O) groups is 4. The van der Waals surface area contributed by atoms with Crippen molar-refractivity contribution in [1.29, 1.82) is 10.5 Å². The topological polar surface area (TPSA) is 206 Å². The molecule has 14 heteroatoms. The van der Waals surface area contributed by atoms with Crippen molar-refractivity contribution in [3.63, 3.8) is 0 Å². The first kappa shape index (κ1) is 35.3. The van der Waals surface area contributed by atoms with Crippen LogP contribution in [0.25, 0.3) is 11.1 Å². The summed E-state index contributed by atoms with van der Waals surface area (Å²) in [5, 5.41) is 34.2. The molecule has 0 bridgehead atoms. The van der Waals surface area contributed by atoms with E-state index in [4.69, 9.17) is 20.0 Å². The molecule has 258 valence electrons. The van der Waals surface area contributed by atoms with Crippen LogP contribution in [0.15, 0.2) is 84.9 Å². The van der Waals surface area contributed by atoms with Gasteiger partial charge in [0.15, 0.2) is 0 Å². The molecular formula is C37H34N8O6. The van der Waals surface area contributed by atoms with Crippen molar-refractivity contribution in [1.82, 2.24) is 10.6 Å². The van der Waals surface area contributed by atoms with Gasteiger partial charge >= 0.3 is 24.2 Å². The number of nitrogens with one attached hydrogen (secondary N) is 6. The number of carbonyl (C=O) groups excluding carboxylic acids is 4. The highest BCUT2D eigenvalue weighted by molar-refractivity contribution is 5.92. The molecule has 6 N–H and O–H groups in total. The van der Waals surface area contributed by atoms with Crippen LogP contribution in [-0.4, -0.2) is 50.6 Å². The number of rotatable bonds is 12.